The van der Waals surface area contributed by atoms with Gasteiger partial charge in [0.25, 0.3) is 0 Å². The van der Waals surface area contributed by atoms with Crippen LogP contribution in [0.15, 0.2) is 59.8 Å². The van der Waals surface area contributed by atoms with Gasteiger partial charge in [-0.05, 0) is 47.0 Å². The van der Waals surface area contributed by atoms with E-state index in [0.29, 0.717) is 17.2 Å². The Kier molecular flexibility index (Phi) is 5.06. The first kappa shape index (κ1) is 17.7. The molecule has 0 radical (unpaired) electrons. The number of aromatic nitrogens is 2. The Balaban J connectivity index is 1.94. The van der Waals surface area contributed by atoms with Gasteiger partial charge in [0.1, 0.15) is 11.6 Å². The van der Waals surface area contributed by atoms with Crippen LogP contribution in [0.5, 0.6) is 0 Å². The fourth-order valence-electron chi connectivity index (χ4n) is 2.43. The standard InChI is InChI=1S/C18H16N4O3S/c1-11(23)22-17-7-4-13(9-20-17)16-8-14(10-21-18(16)19)12-2-5-15(6-3-12)26(24)25/h2-10H,1H3,(H2,19,21)(H,24,25)(H,20,22,23)/p-1. The molecular formula is C18H15N4O3S-. The van der Waals surface area contributed by atoms with E-state index in [4.69, 9.17) is 5.73 Å². The number of nitrogen functional groups attached to an aromatic ring is 1. The third kappa shape index (κ3) is 3.93. The van der Waals surface area contributed by atoms with E-state index in [1.165, 1.54) is 19.1 Å². The number of pyridine rings is 2. The minimum atomic E-state index is -2.26. The Morgan fingerprint density at radius 2 is 1.69 bits per heavy atom. The van der Waals surface area contributed by atoms with Crippen molar-refractivity contribution in [1.82, 2.24) is 9.97 Å². The highest BCUT2D eigenvalue weighted by Crippen LogP contribution is 2.30. The number of benzene rings is 1. The summed E-state index contributed by atoms with van der Waals surface area (Å²) < 4.78 is 21.9. The van der Waals surface area contributed by atoms with E-state index in [0.717, 1.165) is 16.7 Å². The van der Waals surface area contributed by atoms with E-state index >= 15 is 0 Å². The summed E-state index contributed by atoms with van der Waals surface area (Å²) in [5.74, 6) is 0.598. The zero-order valence-corrected chi connectivity index (χ0v) is 14.6. The van der Waals surface area contributed by atoms with Crippen LogP contribution in [0.4, 0.5) is 11.6 Å². The van der Waals surface area contributed by atoms with Gasteiger partial charge in [0.2, 0.25) is 5.91 Å². The van der Waals surface area contributed by atoms with E-state index in [1.54, 1.807) is 36.7 Å². The number of hydrogen-bond acceptors (Lipinski definition) is 6. The predicted molar refractivity (Wildman–Crippen MR) is 98.8 cm³/mol. The summed E-state index contributed by atoms with van der Waals surface area (Å²) in [6, 6.07) is 11.8. The molecule has 0 aliphatic heterocycles. The van der Waals surface area contributed by atoms with Gasteiger partial charge in [0, 0.05) is 40.9 Å². The number of amides is 1. The van der Waals surface area contributed by atoms with Crippen LogP contribution in [0.3, 0.4) is 0 Å². The molecule has 0 bridgehead atoms. The Morgan fingerprint density at radius 1 is 1.04 bits per heavy atom. The van der Waals surface area contributed by atoms with Crippen molar-refractivity contribution in [3.8, 4) is 22.3 Å². The van der Waals surface area contributed by atoms with Crippen molar-refractivity contribution in [1.29, 1.82) is 0 Å². The van der Waals surface area contributed by atoms with Gasteiger partial charge in [0.05, 0.1) is 0 Å². The number of rotatable bonds is 4. The van der Waals surface area contributed by atoms with Crippen molar-refractivity contribution in [2.24, 2.45) is 0 Å². The van der Waals surface area contributed by atoms with Crippen molar-refractivity contribution in [2.45, 2.75) is 11.8 Å². The average Bonchev–Trinajstić information content (AvgIpc) is 2.62. The molecule has 0 aliphatic carbocycles. The van der Waals surface area contributed by atoms with Gasteiger partial charge >= 0.3 is 0 Å². The number of hydrogen-bond donors (Lipinski definition) is 2. The molecule has 1 amide bonds. The van der Waals surface area contributed by atoms with Crippen LogP contribution in [0.2, 0.25) is 0 Å². The molecule has 0 saturated carbocycles. The quantitative estimate of drug-likeness (QED) is 0.684. The third-order valence-corrected chi connectivity index (χ3v) is 4.33. The zero-order chi connectivity index (χ0) is 18.7. The molecule has 7 nitrogen and oxygen atoms in total. The SMILES string of the molecule is CC(=O)Nc1ccc(-c2cc(-c3ccc(S(=O)[O-])cc3)cnc2N)cn1. The fourth-order valence-corrected chi connectivity index (χ4v) is 2.79. The second kappa shape index (κ2) is 7.42. The van der Waals surface area contributed by atoms with Crippen molar-refractivity contribution in [2.75, 3.05) is 11.1 Å². The molecule has 0 saturated heterocycles. The molecule has 0 fully saturated rings. The topological polar surface area (TPSA) is 121 Å². The van der Waals surface area contributed by atoms with Gasteiger partial charge in [-0.25, -0.2) is 9.97 Å². The molecule has 1 aromatic carbocycles. The van der Waals surface area contributed by atoms with E-state index in [9.17, 15) is 13.6 Å². The Bertz CT molecular complexity index is 973. The van der Waals surface area contributed by atoms with Gasteiger partial charge < -0.3 is 15.6 Å². The number of nitrogens with zero attached hydrogens (tertiary/aromatic N) is 2. The lowest BCUT2D eigenvalue weighted by molar-refractivity contribution is -0.114. The monoisotopic (exact) mass is 367 g/mol. The van der Waals surface area contributed by atoms with Gasteiger partial charge in [-0.3, -0.25) is 9.00 Å². The van der Waals surface area contributed by atoms with Gasteiger partial charge in [-0.2, -0.15) is 0 Å². The highest BCUT2D eigenvalue weighted by Gasteiger charge is 2.08. The second-order valence-corrected chi connectivity index (χ2v) is 6.47. The molecular weight excluding hydrogens is 352 g/mol. The summed E-state index contributed by atoms with van der Waals surface area (Å²) in [5, 5.41) is 2.60. The van der Waals surface area contributed by atoms with Crippen LogP contribution in [-0.2, 0) is 15.9 Å². The minimum Gasteiger partial charge on any atom is -0.768 e. The summed E-state index contributed by atoms with van der Waals surface area (Å²) in [6.45, 7) is 1.41. The summed E-state index contributed by atoms with van der Waals surface area (Å²) in [6.07, 6.45) is 3.23. The maximum atomic E-state index is 11.1. The van der Waals surface area contributed by atoms with Gasteiger partial charge in [0.15, 0.2) is 0 Å². The average molecular weight is 367 g/mol. The molecule has 2 aromatic heterocycles. The van der Waals surface area contributed by atoms with Crippen LogP contribution in [0, 0.1) is 0 Å². The Hall–Kier alpha value is -3.10. The summed E-state index contributed by atoms with van der Waals surface area (Å²) in [4.78, 5) is 19.7. The van der Waals surface area contributed by atoms with Crippen molar-refractivity contribution < 1.29 is 13.6 Å². The lowest BCUT2D eigenvalue weighted by Gasteiger charge is -2.10. The Morgan fingerprint density at radius 3 is 2.27 bits per heavy atom. The van der Waals surface area contributed by atoms with E-state index in [-0.39, 0.29) is 10.8 Å². The first-order valence-electron chi connectivity index (χ1n) is 7.63. The van der Waals surface area contributed by atoms with E-state index in [2.05, 4.69) is 15.3 Å². The van der Waals surface area contributed by atoms with Crippen molar-refractivity contribution in [3.05, 3.63) is 54.9 Å². The lowest BCUT2D eigenvalue weighted by atomic mass is 10.0. The van der Waals surface area contributed by atoms with Crippen LogP contribution in [0.1, 0.15) is 6.92 Å². The first-order chi connectivity index (χ1) is 12.4. The molecule has 1 unspecified atom stereocenters. The molecule has 1 atom stereocenters. The third-order valence-electron chi connectivity index (χ3n) is 3.68. The first-order valence-corrected chi connectivity index (χ1v) is 8.71. The van der Waals surface area contributed by atoms with Crippen LogP contribution in [0.25, 0.3) is 22.3 Å². The van der Waals surface area contributed by atoms with Crippen molar-refractivity contribution in [3.63, 3.8) is 0 Å². The molecule has 2 heterocycles. The van der Waals surface area contributed by atoms with Gasteiger partial charge in [-0.15, -0.1) is 0 Å². The maximum Gasteiger partial charge on any atom is 0.222 e. The number of carbonyl (C=O) groups excluding carboxylic acids is 1. The molecule has 0 spiro atoms. The number of carbonyl (C=O) groups is 1. The summed E-state index contributed by atoms with van der Waals surface area (Å²) in [7, 11) is 0. The zero-order valence-electron chi connectivity index (χ0n) is 13.8. The van der Waals surface area contributed by atoms with Gasteiger partial charge in [-0.1, -0.05) is 12.1 Å². The molecule has 132 valence electrons. The van der Waals surface area contributed by atoms with Crippen LogP contribution in [-0.4, -0.2) is 24.6 Å². The molecule has 26 heavy (non-hydrogen) atoms. The molecule has 3 N–H and O–H groups in total. The Labute approximate surface area is 152 Å². The molecule has 3 rings (SSSR count). The smallest absolute Gasteiger partial charge is 0.222 e. The van der Waals surface area contributed by atoms with E-state index in [1.807, 2.05) is 6.07 Å². The normalized spacial score (nSPS) is 11.8. The molecule has 0 aliphatic rings. The predicted octanol–water partition coefficient (Wildman–Crippen LogP) is 2.59. The van der Waals surface area contributed by atoms with Crippen LogP contribution < -0.4 is 11.1 Å². The van der Waals surface area contributed by atoms with Crippen molar-refractivity contribution >= 4 is 28.6 Å². The minimum absolute atomic E-state index is 0.198. The number of nitrogens with one attached hydrogen (secondary N) is 1. The highest BCUT2D eigenvalue weighted by atomic mass is 32.2. The largest absolute Gasteiger partial charge is 0.768 e. The molecule has 3 aromatic rings. The fraction of sp³-hybridized carbons (Fsp3) is 0.0556. The second-order valence-electron chi connectivity index (χ2n) is 5.53. The summed E-state index contributed by atoms with van der Waals surface area (Å²) >= 11 is -2.26. The van der Waals surface area contributed by atoms with E-state index < -0.39 is 11.1 Å². The highest BCUT2D eigenvalue weighted by molar-refractivity contribution is 7.79. The molecule has 8 heteroatoms. The number of nitrogens with two attached hydrogens (primary N) is 1. The number of anilines is 2. The van der Waals surface area contributed by atoms with Crippen LogP contribution >= 0.6 is 0 Å². The maximum absolute atomic E-state index is 11.1. The lowest BCUT2D eigenvalue weighted by Crippen LogP contribution is -2.07. The summed E-state index contributed by atoms with van der Waals surface area (Å²) in [5.41, 5.74) is 9.05.